The highest BCUT2D eigenvalue weighted by atomic mass is 32.2. The maximum Gasteiger partial charge on any atom is 0.315 e. The van der Waals surface area contributed by atoms with Crippen LogP contribution in [0.2, 0.25) is 0 Å². The van der Waals surface area contributed by atoms with Gasteiger partial charge in [0.05, 0.1) is 16.5 Å². The van der Waals surface area contributed by atoms with E-state index < -0.39 is 27.0 Å². The van der Waals surface area contributed by atoms with Crippen molar-refractivity contribution < 1.29 is 22.7 Å². The molecule has 1 atom stereocenters. The van der Waals surface area contributed by atoms with Gasteiger partial charge in [-0.2, -0.15) is 0 Å². The van der Waals surface area contributed by atoms with Gasteiger partial charge in [0.1, 0.15) is 16.5 Å². The Kier molecular flexibility index (Phi) is 9.06. The summed E-state index contributed by atoms with van der Waals surface area (Å²) < 4.78 is 30.4. The van der Waals surface area contributed by atoms with Crippen molar-refractivity contribution in [3.63, 3.8) is 0 Å². The average Bonchev–Trinajstić information content (AvgIpc) is 3.20. The number of hydrogen-bond donors (Lipinski definition) is 3. The van der Waals surface area contributed by atoms with Crippen molar-refractivity contribution in [3.8, 4) is 5.75 Å². The molecular weight excluding hydrogens is 522 g/mol. The van der Waals surface area contributed by atoms with Crippen molar-refractivity contribution in [2.24, 2.45) is 11.7 Å². The van der Waals surface area contributed by atoms with Crippen LogP contribution in [-0.4, -0.2) is 43.1 Å². The fourth-order valence-electron chi connectivity index (χ4n) is 2.77. The summed E-state index contributed by atoms with van der Waals surface area (Å²) in [5.74, 6) is -1.19. The number of nitrogens with one attached hydrogen (secondary N) is 2. The van der Waals surface area contributed by atoms with E-state index in [2.05, 4.69) is 20.6 Å². The molecule has 0 fully saturated rings. The number of nitrogens with zero attached hydrogens (tertiary/aromatic N) is 2. The van der Waals surface area contributed by atoms with Gasteiger partial charge in [-0.15, -0.1) is 0 Å². The lowest BCUT2D eigenvalue weighted by Gasteiger charge is -2.14. The number of aromatic nitrogens is 2. The molecule has 0 aliphatic heterocycles. The van der Waals surface area contributed by atoms with E-state index in [4.69, 9.17) is 10.5 Å². The molecule has 2 heterocycles. The zero-order valence-corrected chi connectivity index (χ0v) is 22.6. The summed E-state index contributed by atoms with van der Waals surface area (Å²) in [5.41, 5.74) is 7.28. The smallest absolute Gasteiger partial charge is 0.315 e. The first-order chi connectivity index (χ1) is 16.9. The molecule has 1 aromatic carbocycles. The molecule has 0 bridgehead atoms. The molecule has 2 amide bonds. The predicted molar refractivity (Wildman–Crippen MR) is 141 cm³/mol. The number of rotatable bonds is 9. The van der Waals surface area contributed by atoms with Crippen molar-refractivity contribution in [1.82, 2.24) is 9.97 Å². The summed E-state index contributed by atoms with van der Waals surface area (Å²) in [7, 11) is -3.68. The van der Waals surface area contributed by atoms with E-state index in [0.29, 0.717) is 27.3 Å². The van der Waals surface area contributed by atoms with E-state index in [1.807, 2.05) is 20.8 Å². The van der Waals surface area contributed by atoms with Gasteiger partial charge in [0.15, 0.2) is 20.3 Å². The molecule has 36 heavy (non-hydrogen) atoms. The Morgan fingerprint density at radius 3 is 2.53 bits per heavy atom. The maximum absolute atomic E-state index is 12.6. The van der Waals surface area contributed by atoms with E-state index >= 15 is 0 Å². The number of ether oxygens (including phenoxy) is 1. The predicted octanol–water partition coefficient (Wildman–Crippen LogP) is 3.61. The molecule has 0 spiro atoms. The molecule has 1 unspecified atom stereocenters. The van der Waals surface area contributed by atoms with E-state index in [0.717, 1.165) is 34.9 Å². The topological polar surface area (TPSA) is 153 Å². The lowest BCUT2D eigenvalue weighted by molar-refractivity contribution is -0.133. The second-order valence-corrected chi connectivity index (χ2v) is 12.8. The number of carbonyl (C=O) groups is 2. The molecule has 0 radical (unpaired) electrons. The quantitative estimate of drug-likeness (QED) is 0.340. The van der Waals surface area contributed by atoms with Gasteiger partial charge in [0.2, 0.25) is 0 Å². The Bertz CT molecular complexity index is 1340. The number of hydrogen-bond acceptors (Lipinski definition) is 10. The molecule has 4 N–H and O–H groups in total. The Morgan fingerprint density at radius 1 is 1.17 bits per heavy atom. The molecule has 0 saturated carbocycles. The van der Waals surface area contributed by atoms with Crippen LogP contribution in [-0.2, 0) is 19.4 Å². The van der Waals surface area contributed by atoms with Crippen LogP contribution in [0.1, 0.15) is 30.5 Å². The third kappa shape index (κ3) is 7.50. The summed E-state index contributed by atoms with van der Waals surface area (Å²) in [6, 6.07) is 10.5. The third-order valence-electron chi connectivity index (χ3n) is 4.57. The zero-order valence-electron chi connectivity index (χ0n) is 20.1. The molecule has 3 aromatic rings. The summed E-state index contributed by atoms with van der Waals surface area (Å²) in [4.78, 5) is 33.7. The molecule has 10 nitrogen and oxygen atoms in total. The standard InChI is InChI=1S/C23H27N5O5S3/c1-13(2)12-33-16-11-14(3)8-9-15(16)26-20(29)21(30)28-23-27-18(19(24)36(4,31)32)22(35-23)34-17-7-5-6-10-25-17/h5-11,13,19H,12,24H2,1-4H3,(H,26,29)(H,27,28,30). The van der Waals surface area contributed by atoms with Crippen LogP contribution in [0.4, 0.5) is 10.8 Å². The van der Waals surface area contributed by atoms with E-state index in [1.165, 1.54) is 0 Å². The van der Waals surface area contributed by atoms with Crippen molar-refractivity contribution >= 4 is 55.6 Å². The minimum absolute atomic E-state index is 0.0304. The van der Waals surface area contributed by atoms with Gasteiger partial charge in [0.25, 0.3) is 0 Å². The first-order valence-corrected chi connectivity index (χ1v) is 14.4. The minimum atomic E-state index is -3.68. The van der Waals surface area contributed by atoms with E-state index in [1.54, 1.807) is 42.6 Å². The summed E-state index contributed by atoms with van der Waals surface area (Å²) in [6.45, 7) is 6.33. The molecule has 192 valence electrons. The molecule has 3 rings (SSSR count). The molecule has 0 aliphatic carbocycles. The number of nitrogens with two attached hydrogens (primary N) is 1. The third-order valence-corrected chi connectivity index (χ3v) is 7.84. The van der Waals surface area contributed by atoms with E-state index in [-0.39, 0.29) is 16.7 Å². The van der Waals surface area contributed by atoms with Crippen LogP contribution in [0, 0.1) is 12.8 Å². The van der Waals surface area contributed by atoms with Crippen LogP contribution in [0.3, 0.4) is 0 Å². The van der Waals surface area contributed by atoms with Crippen LogP contribution in [0.5, 0.6) is 5.75 Å². The average molecular weight is 550 g/mol. The van der Waals surface area contributed by atoms with Crippen molar-refractivity contribution in [1.29, 1.82) is 0 Å². The fourth-order valence-corrected chi connectivity index (χ4v) is 5.62. The second-order valence-electron chi connectivity index (χ2n) is 8.32. The Balaban J connectivity index is 1.80. The lowest BCUT2D eigenvalue weighted by Crippen LogP contribution is -2.29. The number of amides is 2. The monoisotopic (exact) mass is 549 g/mol. The normalized spacial score (nSPS) is 12.3. The van der Waals surface area contributed by atoms with Gasteiger partial charge < -0.3 is 15.8 Å². The number of benzene rings is 1. The molecule has 13 heteroatoms. The largest absolute Gasteiger partial charge is 0.491 e. The zero-order chi connectivity index (χ0) is 26.5. The summed E-state index contributed by atoms with van der Waals surface area (Å²) >= 11 is 2.16. The highest BCUT2D eigenvalue weighted by molar-refractivity contribution is 8.01. The SMILES string of the molecule is Cc1ccc(NC(=O)C(=O)Nc2nc(C(N)S(C)(=O)=O)c(Sc3ccccn3)s2)c(OCC(C)C)c1. The number of thiazole rings is 1. The van der Waals surface area contributed by atoms with Crippen LogP contribution >= 0.6 is 23.1 Å². The van der Waals surface area contributed by atoms with Crippen LogP contribution in [0.25, 0.3) is 0 Å². The van der Waals surface area contributed by atoms with Gasteiger partial charge in [-0.3, -0.25) is 14.9 Å². The van der Waals surface area contributed by atoms with Crippen LogP contribution in [0.15, 0.2) is 51.8 Å². The van der Waals surface area contributed by atoms with Crippen molar-refractivity contribution in [2.45, 2.75) is 35.4 Å². The number of pyridine rings is 1. The first-order valence-electron chi connectivity index (χ1n) is 10.8. The highest BCUT2D eigenvalue weighted by Gasteiger charge is 2.27. The summed E-state index contributed by atoms with van der Waals surface area (Å²) in [6.07, 6.45) is 2.59. The minimum Gasteiger partial charge on any atom is -0.491 e. The van der Waals surface area contributed by atoms with Crippen molar-refractivity contribution in [3.05, 3.63) is 53.9 Å². The van der Waals surface area contributed by atoms with Gasteiger partial charge in [0, 0.05) is 12.5 Å². The Morgan fingerprint density at radius 2 is 1.89 bits per heavy atom. The molecule has 0 aliphatic rings. The number of sulfone groups is 1. The molecule has 2 aromatic heterocycles. The van der Waals surface area contributed by atoms with Gasteiger partial charge >= 0.3 is 11.8 Å². The van der Waals surface area contributed by atoms with Gasteiger partial charge in [-0.25, -0.2) is 18.4 Å². The van der Waals surface area contributed by atoms with E-state index in [9.17, 15) is 18.0 Å². The Hall–Kier alpha value is -3.00. The second kappa shape index (κ2) is 11.8. The van der Waals surface area contributed by atoms with Crippen LogP contribution < -0.4 is 21.1 Å². The Labute approximate surface area is 218 Å². The number of carbonyl (C=O) groups excluding carboxylic acids is 2. The number of aryl methyl sites for hydroxylation is 1. The summed E-state index contributed by atoms with van der Waals surface area (Å²) in [5, 5.41) is 4.19. The molecule has 0 saturated heterocycles. The first kappa shape index (κ1) is 27.6. The van der Waals surface area contributed by atoms with Crippen molar-refractivity contribution in [2.75, 3.05) is 23.5 Å². The van der Waals surface area contributed by atoms with Gasteiger partial charge in [-0.05, 0) is 42.7 Å². The molecular formula is C23H27N5O5S3. The van der Waals surface area contributed by atoms with Gasteiger partial charge in [-0.1, -0.05) is 49.1 Å². The fraction of sp³-hybridized carbons (Fsp3) is 0.304. The maximum atomic E-state index is 12.6. The highest BCUT2D eigenvalue weighted by Crippen LogP contribution is 2.39. The number of anilines is 2. The lowest BCUT2D eigenvalue weighted by atomic mass is 10.2.